The van der Waals surface area contributed by atoms with Crippen LogP contribution in [0.15, 0.2) is 39.2 Å². The molecule has 194 valence electrons. The highest BCUT2D eigenvalue weighted by molar-refractivity contribution is 7.13. The van der Waals surface area contributed by atoms with Crippen molar-refractivity contribution in [2.45, 2.75) is 26.5 Å². The van der Waals surface area contributed by atoms with E-state index < -0.39 is 40.4 Å². The summed E-state index contributed by atoms with van der Waals surface area (Å²) in [6.45, 7) is 3.09. The van der Waals surface area contributed by atoms with Gasteiger partial charge in [-0.1, -0.05) is 0 Å². The smallest absolute Gasteiger partial charge is 0.346 e. The van der Waals surface area contributed by atoms with Crippen molar-refractivity contribution in [3.05, 3.63) is 78.4 Å². The Hall–Kier alpha value is -4.26. The van der Waals surface area contributed by atoms with Gasteiger partial charge in [0.2, 0.25) is 0 Å². The molecule has 4 rings (SSSR count). The van der Waals surface area contributed by atoms with Crippen LogP contribution in [0.1, 0.15) is 29.1 Å². The number of thiophene rings is 1. The SMILES string of the molecule is COc1cc(F)c(-n2c(=O)[nH]c3csc(C(=O)O)c3c2=O)cc1NCc1c(OC(C)C)ccc(F)c1F. The Morgan fingerprint density at radius 2 is 1.89 bits per heavy atom. The maximum absolute atomic E-state index is 15.1. The van der Waals surface area contributed by atoms with Crippen LogP contribution in [0.25, 0.3) is 16.6 Å². The zero-order chi connectivity index (χ0) is 27.0. The molecule has 0 bridgehead atoms. The van der Waals surface area contributed by atoms with Crippen LogP contribution in [0.3, 0.4) is 0 Å². The molecule has 0 saturated heterocycles. The number of anilines is 1. The van der Waals surface area contributed by atoms with Crippen molar-refractivity contribution in [3.8, 4) is 17.2 Å². The Morgan fingerprint density at radius 1 is 1.16 bits per heavy atom. The number of nitrogens with one attached hydrogen (secondary N) is 2. The second-order valence-electron chi connectivity index (χ2n) is 8.09. The van der Waals surface area contributed by atoms with E-state index in [1.807, 2.05) is 0 Å². The third-order valence-electron chi connectivity index (χ3n) is 5.33. The van der Waals surface area contributed by atoms with E-state index >= 15 is 4.39 Å². The van der Waals surface area contributed by atoms with E-state index in [4.69, 9.17) is 9.47 Å². The van der Waals surface area contributed by atoms with E-state index in [-0.39, 0.29) is 51.2 Å². The third kappa shape index (κ3) is 4.77. The minimum Gasteiger partial charge on any atom is -0.494 e. The number of methoxy groups -OCH3 is 1. The maximum Gasteiger partial charge on any atom is 0.346 e. The number of nitrogens with zero attached hydrogens (tertiary/aromatic N) is 1. The van der Waals surface area contributed by atoms with Crippen LogP contribution < -0.4 is 26.0 Å². The minimum absolute atomic E-state index is 0.000166. The Kier molecular flexibility index (Phi) is 6.99. The zero-order valence-electron chi connectivity index (χ0n) is 19.6. The summed E-state index contributed by atoms with van der Waals surface area (Å²) >= 11 is 0.738. The first kappa shape index (κ1) is 25.8. The van der Waals surface area contributed by atoms with E-state index in [1.165, 1.54) is 18.6 Å². The van der Waals surface area contributed by atoms with Crippen molar-refractivity contribution in [2.24, 2.45) is 0 Å². The van der Waals surface area contributed by atoms with Gasteiger partial charge in [0.25, 0.3) is 5.56 Å². The fraction of sp³-hybridized carbons (Fsp3) is 0.208. The van der Waals surface area contributed by atoms with E-state index in [0.29, 0.717) is 4.57 Å². The van der Waals surface area contributed by atoms with Gasteiger partial charge < -0.3 is 24.9 Å². The van der Waals surface area contributed by atoms with Gasteiger partial charge in [0, 0.05) is 18.0 Å². The summed E-state index contributed by atoms with van der Waals surface area (Å²) in [5.41, 5.74) is -2.68. The molecule has 0 amide bonds. The Bertz CT molecular complexity index is 1640. The summed E-state index contributed by atoms with van der Waals surface area (Å²) in [5.74, 6) is -4.64. The van der Waals surface area contributed by atoms with Crippen LogP contribution >= 0.6 is 11.3 Å². The topological polar surface area (TPSA) is 123 Å². The number of H-pyrrole nitrogens is 1. The van der Waals surface area contributed by atoms with Crippen molar-refractivity contribution >= 4 is 33.9 Å². The standard InChI is InChI=1S/C24H20F3N3O6S/c1-10(2)36-17-5-4-12(25)20(27)11(17)8-28-14-7-16(13(26)6-18(14)35-3)30-22(31)19-15(29-24(30)34)9-37-21(19)23(32)33/h4-7,9-10,28H,8H2,1-3H3,(H,29,34)(H,32,33). The second-order valence-corrected chi connectivity index (χ2v) is 8.97. The largest absolute Gasteiger partial charge is 0.494 e. The van der Waals surface area contributed by atoms with Gasteiger partial charge in [0.05, 0.1) is 41.1 Å². The predicted molar refractivity (Wildman–Crippen MR) is 131 cm³/mol. The van der Waals surface area contributed by atoms with E-state index in [9.17, 15) is 28.3 Å². The monoisotopic (exact) mass is 535 g/mol. The third-order valence-corrected chi connectivity index (χ3v) is 6.30. The summed E-state index contributed by atoms with van der Waals surface area (Å²) in [6, 6.07) is 4.17. The van der Waals surface area contributed by atoms with Crippen LogP contribution in [0.2, 0.25) is 0 Å². The molecule has 0 aliphatic rings. The molecular weight excluding hydrogens is 515 g/mol. The number of ether oxygens (including phenoxy) is 2. The summed E-state index contributed by atoms with van der Waals surface area (Å²) in [4.78, 5) is 39.4. The van der Waals surface area contributed by atoms with E-state index in [2.05, 4.69) is 10.3 Å². The normalized spacial score (nSPS) is 11.2. The molecule has 0 fully saturated rings. The molecule has 4 aromatic rings. The van der Waals surface area contributed by atoms with Gasteiger partial charge in [0.15, 0.2) is 17.5 Å². The van der Waals surface area contributed by atoms with Crippen LogP contribution in [-0.2, 0) is 6.54 Å². The Labute approximate surface area is 210 Å². The molecule has 9 nitrogen and oxygen atoms in total. The predicted octanol–water partition coefficient (Wildman–Crippen LogP) is 4.26. The first-order valence-electron chi connectivity index (χ1n) is 10.8. The van der Waals surface area contributed by atoms with Crippen LogP contribution in [0.4, 0.5) is 18.9 Å². The Morgan fingerprint density at radius 3 is 2.54 bits per heavy atom. The van der Waals surface area contributed by atoms with Gasteiger partial charge in [-0.15, -0.1) is 11.3 Å². The number of carboxylic acids is 1. The maximum atomic E-state index is 15.1. The minimum atomic E-state index is -1.38. The number of carboxylic acid groups (broad SMARTS) is 1. The lowest BCUT2D eigenvalue weighted by atomic mass is 10.1. The second kappa shape index (κ2) is 10.0. The van der Waals surface area contributed by atoms with Gasteiger partial charge >= 0.3 is 11.7 Å². The lowest BCUT2D eigenvalue weighted by Crippen LogP contribution is -2.34. The van der Waals surface area contributed by atoms with Gasteiger partial charge in [-0.2, -0.15) is 0 Å². The molecule has 13 heteroatoms. The van der Waals surface area contributed by atoms with Gasteiger partial charge in [-0.05, 0) is 32.0 Å². The molecule has 0 aliphatic carbocycles. The Balaban J connectivity index is 1.83. The molecule has 0 aliphatic heterocycles. The lowest BCUT2D eigenvalue weighted by Gasteiger charge is -2.18. The first-order valence-corrected chi connectivity index (χ1v) is 11.7. The number of hydrogen-bond acceptors (Lipinski definition) is 7. The number of aromatic carboxylic acids is 1. The van der Waals surface area contributed by atoms with Crippen LogP contribution in [0, 0.1) is 17.5 Å². The highest BCUT2D eigenvalue weighted by Crippen LogP contribution is 2.32. The number of carbonyl (C=O) groups is 1. The van der Waals surface area contributed by atoms with Crippen molar-refractivity contribution in [1.29, 1.82) is 0 Å². The number of fused-ring (bicyclic) bond motifs is 1. The van der Waals surface area contributed by atoms with E-state index in [1.54, 1.807) is 13.8 Å². The highest BCUT2D eigenvalue weighted by Gasteiger charge is 2.22. The fourth-order valence-corrected chi connectivity index (χ4v) is 4.55. The quantitative estimate of drug-likeness (QED) is 0.308. The molecule has 0 atom stereocenters. The molecule has 0 saturated carbocycles. The molecule has 3 N–H and O–H groups in total. The fourth-order valence-electron chi connectivity index (χ4n) is 3.72. The number of benzene rings is 2. The van der Waals surface area contributed by atoms with Crippen LogP contribution in [-0.4, -0.2) is 33.8 Å². The first-order chi connectivity index (χ1) is 17.5. The summed E-state index contributed by atoms with van der Waals surface area (Å²) in [7, 11) is 1.24. The molecule has 2 heterocycles. The summed E-state index contributed by atoms with van der Waals surface area (Å²) < 4.78 is 54.8. The average Bonchev–Trinajstić information content (AvgIpc) is 3.26. The lowest BCUT2D eigenvalue weighted by molar-refractivity contribution is 0.0704. The number of aromatic amines is 1. The molecule has 0 unspecified atom stereocenters. The molecule has 2 aromatic heterocycles. The molecule has 2 aromatic carbocycles. The van der Waals surface area contributed by atoms with Crippen molar-refractivity contribution in [3.63, 3.8) is 0 Å². The zero-order valence-corrected chi connectivity index (χ0v) is 20.5. The van der Waals surface area contributed by atoms with Gasteiger partial charge in [-0.3, -0.25) is 4.79 Å². The summed E-state index contributed by atoms with van der Waals surface area (Å²) in [5, 5.41) is 13.2. The number of halogens is 3. The van der Waals surface area contributed by atoms with E-state index in [0.717, 1.165) is 29.5 Å². The highest BCUT2D eigenvalue weighted by atomic mass is 32.1. The average molecular weight is 536 g/mol. The van der Waals surface area contributed by atoms with Gasteiger partial charge in [-0.25, -0.2) is 27.3 Å². The van der Waals surface area contributed by atoms with Crippen molar-refractivity contribution in [2.75, 3.05) is 12.4 Å². The van der Waals surface area contributed by atoms with Gasteiger partial charge in [0.1, 0.15) is 16.4 Å². The van der Waals surface area contributed by atoms with Crippen molar-refractivity contribution < 1.29 is 32.5 Å². The molecule has 0 spiro atoms. The van der Waals surface area contributed by atoms with Crippen molar-refractivity contribution in [1.82, 2.24) is 9.55 Å². The number of hydrogen-bond donors (Lipinski definition) is 3. The molecule has 0 radical (unpaired) electrons. The molecule has 37 heavy (non-hydrogen) atoms. The van der Waals surface area contributed by atoms with Crippen LogP contribution in [0.5, 0.6) is 11.5 Å². The molecular formula is C24H20F3N3O6S. The number of rotatable bonds is 8. The summed E-state index contributed by atoms with van der Waals surface area (Å²) in [6.07, 6.45) is -0.336. The number of aromatic nitrogens is 2.